The molecule has 0 unspecified atom stereocenters. The fraction of sp³-hybridized carbons (Fsp3) is 0.0714. The number of hydrogen-bond acceptors (Lipinski definition) is 4. The highest BCUT2D eigenvalue weighted by molar-refractivity contribution is 8.14. The van der Waals surface area contributed by atoms with E-state index >= 15 is 0 Å². The van der Waals surface area contributed by atoms with Crippen molar-refractivity contribution in [2.75, 3.05) is 5.32 Å². The second kappa shape index (κ2) is 6.15. The molecule has 2 aromatic rings. The predicted molar refractivity (Wildman–Crippen MR) is 75.2 cm³/mol. The maximum Gasteiger partial charge on any atom is 0.225 e. The molecule has 0 bridgehead atoms. The summed E-state index contributed by atoms with van der Waals surface area (Å²) in [5.41, 5.74) is 1.25. The highest BCUT2D eigenvalue weighted by atomic mass is 32.2. The number of hydrogen-bond donors (Lipinski definition) is 1. The Hall–Kier alpha value is -2.14. The van der Waals surface area contributed by atoms with Gasteiger partial charge in [0.25, 0.3) is 0 Å². The van der Waals surface area contributed by atoms with Gasteiger partial charge < -0.3 is 5.32 Å². The lowest BCUT2D eigenvalue weighted by molar-refractivity contribution is -0.114. The molecule has 19 heavy (non-hydrogen) atoms. The molecule has 4 nitrogen and oxygen atoms in total. The third kappa shape index (κ3) is 3.93. The van der Waals surface area contributed by atoms with Crippen LogP contribution in [-0.2, 0) is 4.79 Å². The van der Waals surface area contributed by atoms with Crippen LogP contribution in [0.25, 0.3) is 0 Å². The van der Waals surface area contributed by atoms with Gasteiger partial charge in [-0.15, -0.1) is 0 Å². The summed E-state index contributed by atoms with van der Waals surface area (Å²) in [5, 5.41) is 3.24. The van der Waals surface area contributed by atoms with Crippen molar-refractivity contribution in [3.8, 4) is 0 Å². The molecule has 0 atom stereocenters. The molecule has 0 spiro atoms. The molecule has 5 heteroatoms. The molecule has 0 saturated carbocycles. The Morgan fingerprint density at radius 2 is 1.84 bits per heavy atom. The summed E-state index contributed by atoms with van der Waals surface area (Å²) < 4.78 is 0. The molecule has 1 aromatic carbocycles. The number of carbonyl (C=O) groups is 2. The first-order valence-corrected chi connectivity index (χ1v) is 6.47. The van der Waals surface area contributed by atoms with E-state index in [9.17, 15) is 9.59 Å². The van der Waals surface area contributed by atoms with Crippen LogP contribution >= 0.6 is 11.8 Å². The molecular weight excluding hydrogens is 260 g/mol. The number of benzene rings is 1. The van der Waals surface area contributed by atoms with Gasteiger partial charge in [-0.05, 0) is 48.2 Å². The number of rotatable bonds is 3. The van der Waals surface area contributed by atoms with Crippen molar-refractivity contribution in [3.05, 3.63) is 54.2 Å². The Bertz CT molecular complexity index is 582. The van der Waals surface area contributed by atoms with E-state index in [1.807, 2.05) is 6.07 Å². The Labute approximate surface area is 115 Å². The van der Waals surface area contributed by atoms with Gasteiger partial charge in [0.05, 0.1) is 0 Å². The van der Waals surface area contributed by atoms with Gasteiger partial charge in [0, 0.05) is 24.4 Å². The van der Waals surface area contributed by atoms with Crippen molar-refractivity contribution in [2.45, 2.75) is 11.9 Å². The number of nitrogens with zero attached hydrogens (tertiary/aromatic N) is 1. The van der Waals surface area contributed by atoms with Gasteiger partial charge in [0.1, 0.15) is 5.03 Å². The van der Waals surface area contributed by atoms with E-state index in [0.29, 0.717) is 16.3 Å². The fourth-order valence-electron chi connectivity index (χ4n) is 1.45. The second-order valence-electron chi connectivity index (χ2n) is 3.82. The van der Waals surface area contributed by atoms with Crippen LogP contribution in [0.15, 0.2) is 53.7 Å². The summed E-state index contributed by atoms with van der Waals surface area (Å²) in [6.45, 7) is 1.44. The van der Waals surface area contributed by atoms with Crippen molar-refractivity contribution in [2.24, 2.45) is 0 Å². The van der Waals surface area contributed by atoms with Gasteiger partial charge in [-0.25, -0.2) is 4.98 Å². The molecule has 0 aliphatic rings. The van der Waals surface area contributed by atoms with Crippen molar-refractivity contribution in [1.82, 2.24) is 4.98 Å². The number of aromatic nitrogens is 1. The third-order valence-electron chi connectivity index (χ3n) is 2.28. The maximum atomic E-state index is 12.0. The molecule has 1 heterocycles. The van der Waals surface area contributed by atoms with Gasteiger partial charge >= 0.3 is 0 Å². The SMILES string of the molecule is CC(=O)Nc1ccc(C(=O)Sc2ccccn2)cc1. The minimum Gasteiger partial charge on any atom is -0.326 e. The second-order valence-corrected chi connectivity index (χ2v) is 4.81. The molecule has 1 aromatic heterocycles. The summed E-state index contributed by atoms with van der Waals surface area (Å²) in [4.78, 5) is 27.0. The van der Waals surface area contributed by atoms with E-state index in [1.165, 1.54) is 6.92 Å². The van der Waals surface area contributed by atoms with Crippen LogP contribution in [0.5, 0.6) is 0 Å². The number of anilines is 1. The van der Waals surface area contributed by atoms with Gasteiger partial charge in [-0.1, -0.05) is 6.07 Å². The Morgan fingerprint density at radius 1 is 1.11 bits per heavy atom. The number of pyridine rings is 1. The number of carbonyl (C=O) groups excluding carboxylic acids is 2. The van der Waals surface area contributed by atoms with Crippen molar-refractivity contribution in [3.63, 3.8) is 0 Å². The Kier molecular flexibility index (Phi) is 4.30. The van der Waals surface area contributed by atoms with Crippen molar-refractivity contribution in [1.29, 1.82) is 0 Å². The molecule has 0 aliphatic carbocycles. The largest absolute Gasteiger partial charge is 0.326 e. The van der Waals surface area contributed by atoms with Gasteiger partial charge in [-0.2, -0.15) is 0 Å². The predicted octanol–water partition coefficient (Wildman–Crippen LogP) is 2.97. The van der Waals surface area contributed by atoms with Gasteiger partial charge in [0.2, 0.25) is 11.0 Å². The smallest absolute Gasteiger partial charge is 0.225 e. The molecule has 0 aliphatic heterocycles. The van der Waals surface area contributed by atoms with E-state index in [1.54, 1.807) is 42.6 Å². The molecule has 1 N–H and O–H groups in total. The summed E-state index contributed by atoms with van der Waals surface area (Å²) >= 11 is 1.08. The molecule has 0 fully saturated rings. The van der Waals surface area contributed by atoms with Crippen LogP contribution in [-0.4, -0.2) is 16.0 Å². The zero-order valence-electron chi connectivity index (χ0n) is 10.3. The minimum atomic E-state index is -0.137. The number of thioether (sulfide) groups is 1. The highest BCUT2D eigenvalue weighted by Crippen LogP contribution is 2.21. The summed E-state index contributed by atoms with van der Waals surface area (Å²) in [6, 6.07) is 12.2. The Balaban J connectivity index is 2.05. The quantitative estimate of drug-likeness (QED) is 0.873. The van der Waals surface area contributed by atoms with Gasteiger partial charge in [-0.3, -0.25) is 9.59 Å². The average Bonchev–Trinajstić information content (AvgIpc) is 2.40. The molecular formula is C14H12N2O2S. The van der Waals surface area contributed by atoms with E-state index in [0.717, 1.165) is 11.8 Å². The fourth-order valence-corrected chi connectivity index (χ4v) is 2.16. The van der Waals surface area contributed by atoms with Crippen molar-refractivity contribution >= 4 is 28.5 Å². The summed E-state index contributed by atoms with van der Waals surface area (Å²) in [5.74, 6) is -0.137. The van der Waals surface area contributed by atoms with E-state index in [4.69, 9.17) is 0 Å². The van der Waals surface area contributed by atoms with Crippen LogP contribution in [0.1, 0.15) is 17.3 Å². The normalized spacial score (nSPS) is 9.95. The monoisotopic (exact) mass is 272 g/mol. The van der Waals surface area contributed by atoms with Crippen LogP contribution in [0.4, 0.5) is 5.69 Å². The van der Waals surface area contributed by atoms with Crippen LogP contribution in [0.2, 0.25) is 0 Å². The summed E-state index contributed by atoms with van der Waals surface area (Å²) in [6.07, 6.45) is 1.65. The average molecular weight is 272 g/mol. The topological polar surface area (TPSA) is 59.1 Å². The molecule has 2 rings (SSSR count). The van der Waals surface area contributed by atoms with Crippen LogP contribution in [0, 0.1) is 0 Å². The van der Waals surface area contributed by atoms with E-state index in [2.05, 4.69) is 10.3 Å². The third-order valence-corrected chi connectivity index (χ3v) is 3.15. The molecule has 96 valence electrons. The first-order chi connectivity index (χ1) is 9.15. The first kappa shape index (κ1) is 13.3. The number of amides is 1. The lowest BCUT2D eigenvalue weighted by Crippen LogP contribution is -2.05. The van der Waals surface area contributed by atoms with Crippen LogP contribution in [0.3, 0.4) is 0 Å². The van der Waals surface area contributed by atoms with Crippen molar-refractivity contribution < 1.29 is 9.59 Å². The lowest BCUT2D eigenvalue weighted by Gasteiger charge is -2.03. The van der Waals surface area contributed by atoms with E-state index < -0.39 is 0 Å². The highest BCUT2D eigenvalue weighted by Gasteiger charge is 2.08. The lowest BCUT2D eigenvalue weighted by atomic mass is 10.2. The summed E-state index contributed by atoms with van der Waals surface area (Å²) in [7, 11) is 0. The standard InChI is InChI=1S/C14H12N2O2S/c1-10(17)16-12-7-5-11(6-8-12)14(18)19-13-4-2-3-9-15-13/h2-9H,1H3,(H,16,17). The van der Waals surface area contributed by atoms with E-state index in [-0.39, 0.29) is 11.0 Å². The zero-order valence-corrected chi connectivity index (χ0v) is 11.1. The minimum absolute atomic E-state index is 0.0759. The number of nitrogens with one attached hydrogen (secondary N) is 1. The molecule has 0 saturated heterocycles. The Morgan fingerprint density at radius 3 is 2.42 bits per heavy atom. The van der Waals surface area contributed by atoms with Gasteiger partial charge in [0.15, 0.2) is 0 Å². The van der Waals surface area contributed by atoms with Crippen LogP contribution < -0.4 is 5.32 Å². The molecule has 1 amide bonds. The molecule has 0 radical (unpaired) electrons. The zero-order chi connectivity index (χ0) is 13.7. The first-order valence-electron chi connectivity index (χ1n) is 5.66. The maximum absolute atomic E-state index is 12.0.